The standard InChI is InChI=1S/C22H23ClN2O3/c1-22(2,3)28-21(27)15-6-4-5-14(11-15)7-9-17(26)13-20-24-18-10-8-16(23)12-19(18)25-20/h4-6,8,10-12H,7,9,13H2,1-3H3,(H,24,25). The Hall–Kier alpha value is -2.66. The van der Waals surface area contributed by atoms with Crippen molar-refractivity contribution in [2.75, 3.05) is 0 Å². The highest BCUT2D eigenvalue weighted by atomic mass is 35.5. The van der Waals surface area contributed by atoms with Gasteiger partial charge in [-0.15, -0.1) is 0 Å². The molecule has 1 heterocycles. The molecule has 28 heavy (non-hydrogen) atoms. The number of rotatable bonds is 6. The average Bonchev–Trinajstić information content (AvgIpc) is 3.00. The lowest BCUT2D eigenvalue weighted by Crippen LogP contribution is -2.23. The Bertz CT molecular complexity index is 1020. The number of hydrogen-bond acceptors (Lipinski definition) is 4. The second kappa shape index (κ2) is 8.15. The van der Waals surface area contributed by atoms with Crippen molar-refractivity contribution in [3.63, 3.8) is 0 Å². The summed E-state index contributed by atoms with van der Waals surface area (Å²) in [5.74, 6) is 0.346. The van der Waals surface area contributed by atoms with E-state index < -0.39 is 5.60 Å². The highest BCUT2D eigenvalue weighted by molar-refractivity contribution is 6.31. The third-order valence-corrected chi connectivity index (χ3v) is 4.35. The van der Waals surface area contributed by atoms with Gasteiger partial charge in [0.25, 0.3) is 0 Å². The fourth-order valence-electron chi connectivity index (χ4n) is 2.87. The van der Waals surface area contributed by atoms with Gasteiger partial charge in [0, 0.05) is 11.4 Å². The van der Waals surface area contributed by atoms with E-state index in [1.807, 2.05) is 39.0 Å². The number of carbonyl (C=O) groups is 2. The number of H-pyrrole nitrogens is 1. The van der Waals surface area contributed by atoms with Gasteiger partial charge in [-0.2, -0.15) is 0 Å². The Morgan fingerprint density at radius 1 is 1.14 bits per heavy atom. The van der Waals surface area contributed by atoms with E-state index in [4.69, 9.17) is 16.3 Å². The lowest BCUT2D eigenvalue weighted by molar-refractivity contribution is -0.118. The zero-order chi connectivity index (χ0) is 20.3. The predicted octanol–water partition coefficient (Wildman–Crippen LogP) is 4.92. The number of imidazole rings is 1. The van der Waals surface area contributed by atoms with Crippen LogP contribution in [0, 0.1) is 0 Å². The quantitative estimate of drug-likeness (QED) is 0.598. The monoisotopic (exact) mass is 398 g/mol. The van der Waals surface area contributed by atoms with E-state index in [0.29, 0.717) is 29.3 Å². The summed E-state index contributed by atoms with van der Waals surface area (Å²) in [6.07, 6.45) is 1.16. The molecule has 1 N–H and O–H groups in total. The van der Waals surface area contributed by atoms with Crippen LogP contribution in [0.4, 0.5) is 0 Å². The number of esters is 1. The molecule has 3 aromatic rings. The number of fused-ring (bicyclic) bond motifs is 1. The lowest BCUT2D eigenvalue weighted by Gasteiger charge is -2.19. The molecule has 0 bridgehead atoms. The molecule has 2 aromatic carbocycles. The van der Waals surface area contributed by atoms with E-state index in [0.717, 1.165) is 16.6 Å². The molecular weight excluding hydrogens is 376 g/mol. The summed E-state index contributed by atoms with van der Waals surface area (Å²) in [6, 6.07) is 12.6. The van der Waals surface area contributed by atoms with E-state index in [1.165, 1.54) is 0 Å². The van der Waals surface area contributed by atoms with Crippen LogP contribution in [0.2, 0.25) is 5.02 Å². The van der Waals surface area contributed by atoms with Crippen LogP contribution >= 0.6 is 11.6 Å². The minimum Gasteiger partial charge on any atom is -0.456 e. The Labute approximate surface area is 169 Å². The van der Waals surface area contributed by atoms with Crippen LogP contribution in [0.5, 0.6) is 0 Å². The van der Waals surface area contributed by atoms with Crippen molar-refractivity contribution in [2.45, 2.75) is 45.6 Å². The number of aryl methyl sites for hydroxylation is 1. The molecule has 0 fully saturated rings. The number of halogens is 1. The molecule has 0 saturated heterocycles. The lowest BCUT2D eigenvalue weighted by atomic mass is 10.0. The van der Waals surface area contributed by atoms with Gasteiger partial charge in [0.05, 0.1) is 23.0 Å². The van der Waals surface area contributed by atoms with Crippen LogP contribution in [0.1, 0.15) is 48.9 Å². The topological polar surface area (TPSA) is 72.1 Å². The van der Waals surface area contributed by atoms with Gasteiger partial charge in [-0.05, 0) is 63.1 Å². The van der Waals surface area contributed by atoms with Gasteiger partial charge in [0.2, 0.25) is 0 Å². The molecule has 0 aliphatic rings. The highest BCUT2D eigenvalue weighted by Gasteiger charge is 2.18. The Morgan fingerprint density at radius 2 is 1.93 bits per heavy atom. The number of hydrogen-bond donors (Lipinski definition) is 1. The van der Waals surface area contributed by atoms with E-state index in [2.05, 4.69) is 9.97 Å². The first-order valence-electron chi connectivity index (χ1n) is 9.18. The number of ketones is 1. The molecule has 5 nitrogen and oxygen atoms in total. The van der Waals surface area contributed by atoms with Crippen molar-refractivity contribution in [1.82, 2.24) is 9.97 Å². The number of nitrogens with zero attached hydrogens (tertiary/aromatic N) is 1. The number of carbonyl (C=O) groups excluding carboxylic acids is 2. The molecule has 0 radical (unpaired) electrons. The van der Waals surface area contributed by atoms with E-state index in [1.54, 1.807) is 24.3 Å². The van der Waals surface area contributed by atoms with E-state index in [9.17, 15) is 9.59 Å². The third-order valence-electron chi connectivity index (χ3n) is 4.11. The third kappa shape index (κ3) is 5.42. The van der Waals surface area contributed by atoms with Gasteiger partial charge in [-0.1, -0.05) is 23.7 Å². The predicted molar refractivity (Wildman–Crippen MR) is 110 cm³/mol. The highest BCUT2D eigenvalue weighted by Crippen LogP contribution is 2.18. The minimum atomic E-state index is -0.542. The maximum Gasteiger partial charge on any atom is 0.338 e. The minimum absolute atomic E-state index is 0.0767. The molecule has 6 heteroatoms. The Morgan fingerprint density at radius 3 is 2.68 bits per heavy atom. The Balaban J connectivity index is 1.59. The molecule has 1 aromatic heterocycles. The van der Waals surface area contributed by atoms with Crippen LogP contribution < -0.4 is 0 Å². The zero-order valence-corrected chi connectivity index (χ0v) is 17.0. The summed E-state index contributed by atoms with van der Waals surface area (Å²) in [6.45, 7) is 5.50. The number of ether oxygens (including phenoxy) is 1. The van der Waals surface area contributed by atoms with Crippen molar-refractivity contribution in [1.29, 1.82) is 0 Å². The first-order chi connectivity index (χ1) is 13.2. The van der Waals surface area contributed by atoms with Crippen molar-refractivity contribution in [2.24, 2.45) is 0 Å². The zero-order valence-electron chi connectivity index (χ0n) is 16.2. The van der Waals surface area contributed by atoms with Gasteiger partial charge >= 0.3 is 5.97 Å². The molecule has 146 valence electrons. The number of nitrogens with one attached hydrogen (secondary N) is 1. The molecule has 0 unspecified atom stereocenters. The molecular formula is C22H23ClN2O3. The number of Topliss-reactive ketones (excluding diaryl/α,β-unsaturated/α-hetero) is 1. The maximum atomic E-state index is 12.4. The van der Waals surface area contributed by atoms with Gasteiger partial charge in [-0.3, -0.25) is 4.79 Å². The van der Waals surface area contributed by atoms with E-state index in [-0.39, 0.29) is 18.2 Å². The van der Waals surface area contributed by atoms with Crippen molar-refractivity contribution in [3.8, 4) is 0 Å². The van der Waals surface area contributed by atoms with Crippen LogP contribution in [0.25, 0.3) is 11.0 Å². The molecule has 0 amide bonds. The van der Waals surface area contributed by atoms with Crippen molar-refractivity contribution < 1.29 is 14.3 Å². The summed E-state index contributed by atoms with van der Waals surface area (Å²) in [7, 11) is 0. The van der Waals surface area contributed by atoms with Crippen LogP contribution in [-0.4, -0.2) is 27.3 Å². The van der Waals surface area contributed by atoms with Gasteiger partial charge in [0.15, 0.2) is 0 Å². The normalized spacial score (nSPS) is 11.6. The van der Waals surface area contributed by atoms with E-state index >= 15 is 0 Å². The summed E-state index contributed by atoms with van der Waals surface area (Å²) >= 11 is 5.97. The summed E-state index contributed by atoms with van der Waals surface area (Å²) in [5.41, 5.74) is 2.49. The van der Waals surface area contributed by atoms with Gasteiger partial charge in [0.1, 0.15) is 17.2 Å². The van der Waals surface area contributed by atoms with Gasteiger partial charge in [-0.25, -0.2) is 9.78 Å². The molecule has 3 rings (SSSR count). The van der Waals surface area contributed by atoms with Crippen molar-refractivity contribution >= 4 is 34.4 Å². The maximum absolute atomic E-state index is 12.4. The second-order valence-electron chi connectivity index (χ2n) is 7.76. The first kappa shape index (κ1) is 20.1. The fourth-order valence-corrected chi connectivity index (χ4v) is 3.04. The molecule has 0 atom stereocenters. The summed E-state index contributed by atoms with van der Waals surface area (Å²) in [5, 5.41) is 0.624. The number of benzene rings is 2. The Kier molecular flexibility index (Phi) is 5.84. The smallest absolute Gasteiger partial charge is 0.338 e. The van der Waals surface area contributed by atoms with Crippen molar-refractivity contribution in [3.05, 3.63) is 64.4 Å². The fraction of sp³-hybridized carbons (Fsp3) is 0.318. The van der Waals surface area contributed by atoms with Crippen LogP contribution in [0.15, 0.2) is 42.5 Å². The van der Waals surface area contributed by atoms with Crippen LogP contribution in [-0.2, 0) is 22.4 Å². The average molecular weight is 399 g/mol. The molecule has 0 aliphatic carbocycles. The molecule has 0 spiro atoms. The van der Waals surface area contributed by atoms with Crippen LogP contribution in [0.3, 0.4) is 0 Å². The first-order valence-corrected chi connectivity index (χ1v) is 9.55. The molecule has 0 saturated carbocycles. The summed E-state index contributed by atoms with van der Waals surface area (Å²) in [4.78, 5) is 32.1. The van der Waals surface area contributed by atoms with Gasteiger partial charge < -0.3 is 9.72 Å². The summed E-state index contributed by atoms with van der Waals surface area (Å²) < 4.78 is 5.39. The number of aromatic amines is 1. The SMILES string of the molecule is CC(C)(C)OC(=O)c1cccc(CCC(=O)Cc2nc3ccc(Cl)cc3[nH]2)c1. The number of aromatic nitrogens is 2. The largest absolute Gasteiger partial charge is 0.456 e. The molecule has 0 aliphatic heterocycles. The second-order valence-corrected chi connectivity index (χ2v) is 8.20.